The first-order chi connectivity index (χ1) is 22.5. The predicted octanol–water partition coefficient (Wildman–Crippen LogP) is 7.98. The SMILES string of the molecule is COc1ccc2cc1Oc1ccc(cc1)/C=C/COC(=O)CCc1ccc(OC)c(c1)Oc1ccc(cc1)/C=C/COC(=O)CC2. The molecule has 4 aromatic carbocycles. The molecule has 4 heterocycles. The van der Waals surface area contributed by atoms with Crippen LogP contribution >= 0.6 is 0 Å². The lowest BCUT2D eigenvalue weighted by Gasteiger charge is -2.12. The van der Waals surface area contributed by atoms with Crippen LogP contribution in [0.25, 0.3) is 12.2 Å². The molecule has 0 N–H and O–H groups in total. The van der Waals surface area contributed by atoms with E-state index in [4.69, 9.17) is 28.4 Å². The van der Waals surface area contributed by atoms with Crippen LogP contribution < -0.4 is 18.9 Å². The van der Waals surface area contributed by atoms with Crippen LogP contribution in [-0.4, -0.2) is 39.4 Å². The Morgan fingerprint density at radius 1 is 0.522 bits per heavy atom. The second-order valence-corrected chi connectivity index (χ2v) is 10.5. The minimum Gasteiger partial charge on any atom is -0.493 e. The smallest absolute Gasteiger partial charge is 0.306 e. The third kappa shape index (κ3) is 9.25. The summed E-state index contributed by atoms with van der Waals surface area (Å²) in [6.45, 7) is 0.327. The number of ether oxygens (including phenoxy) is 6. The maximum Gasteiger partial charge on any atom is 0.306 e. The lowest BCUT2D eigenvalue weighted by atomic mass is 10.1. The van der Waals surface area contributed by atoms with Gasteiger partial charge in [-0.05, 0) is 95.8 Å². The Morgan fingerprint density at radius 2 is 0.935 bits per heavy atom. The summed E-state index contributed by atoms with van der Waals surface area (Å²) >= 11 is 0. The fourth-order valence-corrected chi connectivity index (χ4v) is 4.75. The van der Waals surface area contributed by atoms with E-state index in [1.54, 1.807) is 26.4 Å². The summed E-state index contributed by atoms with van der Waals surface area (Å²) in [5, 5.41) is 0. The number of hydrogen-bond donors (Lipinski definition) is 0. The highest BCUT2D eigenvalue weighted by Crippen LogP contribution is 2.34. The summed E-state index contributed by atoms with van der Waals surface area (Å²) in [6.07, 6.45) is 8.80. The van der Waals surface area contributed by atoms with Crippen molar-refractivity contribution in [3.8, 4) is 34.5 Å². The molecule has 0 radical (unpaired) electrons. The van der Waals surface area contributed by atoms with E-state index in [0.717, 1.165) is 22.3 Å². The average Bonchev–Trinajstić information content (AvgIpc) is 3.08. The molecule has 8 nitrogen and oxygen atoms in total. The fraction of sp³-hybridized carbons (Fsp3) is 0.211. The Morgan fingerprint density at radius 3 is 1.33 bits per heavy atom. The molecule has 46 heavy (non-hydrogen) atoms. The molecule has 4 aromatic rings. The number of rotatable bonds is 2. The molecule has 8 rings (SSSR count). The molecule has 0 aliphatic carbocycles. The predicted molar refractivity (Wildman–Crippen MR) is 176 cm³/mol. The van der Waals surface area contributed by atoms with Crippen LogP contribution in [0.1, 0.15) is 35.1 Å². The van der Waals surface area contributed by atoms with Gasteiger partial charge in [0.25, 0.3) is 0 Å². The Kier molecular flexibility index (Phi) is 11.1. The van der Waals surface area contributed by atoms with E-state index in [0.29, 0.717) is 47.3 Å². The van der Waals surface area contributed by atoms with Gasteiger partial charge in [0.05, 0.1) is 14.2 Å². The van der Waals surface area contributed by atoms with Crippen molar-refractivity contribution in [2.75, 3.05) is 27.4 Å². The molecule has 4 aliphatic heterocycles. The van der Waals surface area contributed by atoms with E-state index >= 15 is 0 Å². The zero-order chi connectivity index (χ0) is 32.1. The van der Waals surface area contributed by atoms with Crippen molar-refractivity contribution in [2.24, 2.45) is 0 Å². The maximum absolute atomic E-state index is 12.4. The van der Waals surface area contributed by atoms with Gasteiger partial charge in [0, 0.05) is 12.8 Å². The molecule has 8 heteroatoms. The van der Waals surface area contributed by atoms with Gasteiger partial charge in [0.15, 0.2) is 23.0 Å². The second kappa shape index (κ2) is 16.0. The van der Waals surface area contributed by atoms with Gasteiger partial charge in [-0.2, -0.15) is 0 Å². The molecule has 0 unspecified atom stereocenters. The van der Waals surface area contributed by atoms with Gasteiger partial charge in [-0.3, -0.25) is 9.59 Å². The molecule has 0 atom stereocenters. The minimum atomic E-state index is -0.291. The molecular formula is C38H36O8. The number of carbonyl (C=O) groups is 2. The zero-order valence-corrected chi connectivity index (χ0v) is 25.9. The highest BCUT2D eigenvalue weighted by Gasteiger charge is 2.11. The Hall–Kier alpha value is -5.50. The van der Waals surface area contributed by atoms with Crippen molar-refractivity contribution in [2.45, 2.75) is 25.7 Å². The van der Waals surface area contributed by atoms with Gasteiger partial charge in [0.1, 0.15) is 24.7 Å². The lowest BCUT2D eigenvalue weighted by Crippen LogP contribution is -2.06. The van der Waals surface area contributed by atoms with Crippen LogP contribution in [0.15, 0.2) is 97.1 Å². The Bertz CT molecular complexity index is 1560. The van der Waals surface area contributed by atoms with Crippen molar-refractivity contribution >= 4 is 24.1 Å². The molecule has 0 saturated carbocycles. The van der Waals surface area contributed by atoms with Crippen molar-refractivity contribution in [3.05, 3.63) is 119 Å². The van der Waals surface area contributed by atoms with Crippen LogP contribution in [0.5, 0.6) is 34.5 Å². The summed E-state index contributed by atoms with van der Waals surface area (Å²) < 4.78 is 34.0. The highest BCUT2D eigenvalue weighted by atomic mass is 16.5. The minimum absolute atomic E-state index is 0.163. The second-order valence-electron chi connectivity index (χ2n) is 10.5. The van der Waals surface area contributed by atoms with E-state index < -0.39 is 0 Å². The van der Waals surface area contributed by atoms with Gasteiger partial charge >= 0.3 is 11.9 Å². The highest BCUT2D eigenvalue weighted by molar-refractivity contribution is 5.70. The number of methoxy groups -OCH3 is 2. The summed E-state index contributed by atoms with van der Waals surface area (Å²) in [4.78, 5) is 24.8. The van der Waals surface area contributed by atoms with Crippen LogP contribution in [0.2, 0.25) is 0 Å². The van der Waals surface area contributed by atoms with Crippen LogP contribution in [0, 0.1) is 0 Å². The van der Waals surface area contributed by atoms with E-state index in [2.05, 4.69) is 0 Å². The molecule has 8 bridgehead atoms. The molecule has 0 fully saturated rings. The largest absolute Gasteiger partial charge is 0.493 e. The molecule has 0 amide bonds. The van der Waals surface area contributed by atoms with Crippen LogP contribution in [0.4, 0.5) is 0 Å². The molecule has 236 valence electrons. The van der Waals surface area contributed by atoms with Crippen molar-refractivity contribution in [1.29, 1.82) is 0 Å². The van der Waals surface area contributed by atoms with E-state index in [9.17, 15) is 9.59 Å². The van der Waals surface area contributed by atoms with Gasteiger partial charge in [0.2, 0.25) is 0 Å². The lowest BCUT2D eigenvalue weighted by molar-refractivity contribution is -0.143. The van der Waals surface area contributed by atoms with Crippen LogP contribution in [-0.2, 0) is 31.9 Å². The van der Waals surface area contributed by atoms with E-state index in [1.165, 1.54) is 0 Å². The first-order valence-corrected chi connectivity index (χ1v) is 15.0. The van der Waals surface area contributed by atoms with Crippen molar-refractivity contribution in [3.63, 3.8) is 0 Å². The Balaban J connectivity index is 1.31. The van der Waals surface area contributed by atoms with Crippen LogP contribution in [0.3, 0.4) is 0 Å². The monoisotopic (exact) mass is 620 g/mol. The number of aryl methyl sites for hydroxylation is 2. The van der Waals surface area contributed by atoms with Gasteiger partial charge in [-0.1, -0.05) is 48.6 Å². The summed E-state index contributed by atoms with van der Waals surface area (Å²) in [6, 6.07) is 26.2. The standard InChI is InChI=1S/C38H36O8/c1-41-33-19-11-29-13-21-37(39)43-23-4-6-28-9-17-32(18-10-28)46-36-26-30(12-20-34(36)42-2)14-22-38(40)44-24-3-5-27-7-15-31(16-8-27)45-35(33)25-29/h3-12,15-20,25-26H,13-14,21-24H2,1-2H3/b5-3+,6-4+. The molecule has 0 spiro atoms. The normalized spacial score (nSPS) is 15.8. The number of carbonyl (C=O) groups excluding carboxylic acids is 2. The summed E-state index contributed by atoms with van der Waals surface area (Å²) in [5.41, 5.74) is 3.70. The number of benzene rings is 4. The first-order valence-electron chi connectivity index (χ1n) is 15.0. The van der Waals surface area contributed by atoms with Crippen molar-refractivity contribution < 1.29 is 38.0 Å². The quantitative estimate of drug-likeness (QED) is 0.209. The number of esters is 2. The third-order valence-corrected chi connectivity index (χ3v) is 7.21. The third-order valence-electron chi connectivity index (χ3n) is 7.21. The van der Waals surface area contributed by atoms with Gasteiger partial charge in [-0.25, -0.2) is 0 Å². The number of hydrogen-bond acceptors (Lipinski definition) is 8. The maximum atomic E-state index is 12.4. The molecule has 0 saturated heterocycles. The summed E-state index contributed by atoms with van der Waals surface area (Å²) in [7, 11) is 3.17. The van der Waals surface area contributed by atoms with E-state index in [-0.39, 0.29) is 38.0 Å². The van der Waals surface area contributed by atoms with Gasteiger partial charge in [-0.15, -0.1) is 0 Å². The van der Waals surface area contributed by atoms with E-state index in [1.807, 2.05) is 97.1 Å². The summed E-state index contributed by atoms with van der Waals surface area (Å²) in [5.74, 6) is 2.95. The molecular weight excluding hydrogens is 584 g/mol. The topological polar surface area (TPSA) is 89.5 Å². The molecule has 0 aromatic heterocycles. The van der Waals surface area contributed by atoms with Crippen molar-refractivity contribution in [1.82, 2.24) is 0 Å². The molecule has 4 aliphatic rings. The fourth-order valence-electron chi connectivity index (χ4n) is 4.75. The average molecular weight is 621 g/mol. The Labute approximate surface area is 268 Å². The first kappa shape index (κ1) is 31.9. The van der Waals surface area contributed by atoms with Gasteiger partial charge < -0.3 is 28.4 Å². The zero-order valence-electron chi connectivity index (χ0n) is 25.9.